The molecule has 244 valence electrons. The number of unbranched alkanes of at least 4 members (excludes halogenated alkanes) is 1. The van der Waals surface area contributed by atoms with Crippen LogP contribution in [0.1, 0.15) is 64.3 Å². The summed E-state index contributed by atoms with van der Waals surface area (Å²) >= 11 is 0. The molecule has 8 N–H and O–H groups in total. The highest BCUT2D eigenvalue weighted by atomic mass is 35.5. The average Bonchev–Trinajstić information content (AvgIpc) is 3.74. The maximum atomic E-state index is 11.5. The lowest BCUT2D eigenvalue weighted by atomic mass is 9.88. The second-order valence-corrected chi connectivity index (χ2v) is 9.62. The third kappa shape index (κ3) is 13.2. The summed E-state index contributed by atoms with van der Waals surface area (Å²) in [7, 11) is -3.23. The first-order valence-corrected chi connectivity index (χ1v) is 14.1. The number of pyridine rings is 2. The molecule has 0 aromatic carbocycles. The van der Waals surface area contributed by atoms with Gasteiger partial charge in [-0.15, -0.1) is 0 Å². The smallest absolute Gasteiger partial charge is 0.526 e. The van der Waals surface area contributed by atoms with Gasteiger partial charge >= 0.3 is 14.2 Å². The molecule has 5 rings (SSSR count). The highest BCUT2D eigenvalue weighted by Gasteiger charge is 2.18. The SMILES string of the molecule is O=Cc1ccc(B(O)O)o1.OB(O)c1ccc(/C=C2\CCCN=C2c2cccnc2)o1.[Cl-].[Cl-].[NH3+]CCCCC(=O)c1ccc[nH+]c1. The van der Waals surface area contributed by atoms with Gasteiger partial charge < -0.3 is 59.5 Å². The van der Waals surface area contributed by atoms with Crippen molar-refractivity contribution in [2.24, 2.45) is 4.99 Å². The van der Waals surface area contributed by atoms with Gasteiger partial charge in [0, 0.05) is 37.0 Å². The third-order valence-electron chi connectivity index (χ3n) is 6.28. The molecule has 0 aliphatic carbocycles. The summed E-state index contributed by atoms with van der Waals surface area (Å²) in [6, 6.07) is 13.5. The first kappa shape index (κ1) is 40.1. The molecule has 46 heavy (non-hydrogen) atoms. The highest BCUT2D eigenvalue weighted by molar-refractivity contribution is 6.57. The van der Waals surface area contributed by atoms with Crippen molar-refractivity contribution >= 4 is 49.4 Å². The van der Waals surface area contributed by atoms with E-state index in [9.17, 15) is 9.59 Å². The van der Waals surface area contributed by atoms with E-state index in [0.29, 0.717) is 18.5 Å². The Morgan fingerprint density at radius 3 is 2.20 bits per heavy atom. The molecule has 0 unspecified atom stereocenters. The zero-order chi connectivity index (χ0) is 31.7. The quantitative estimate of drug-likeness (QED) is 0.0469. The van der Waals surface area contributed by atoms with E-state index in [4.69, 9.17) is 24.5 Å². The average molecular weight is 673 g/mol. The Kier molecular flexibility index (Phi) is 19.0. The molecule has 5 heterocycles. The number of quaternary nitrogens is 1. The number of furan rings is 2. The molecule has 0 saturated carbocycles. The number of aromatic amines is 1. The normalized spacial score (nSPS) is 12.5. The number of carbonyl (C=O) groups excluding carboxylic acids is 2. The van der Waals surface area contributed by atoms with Gasteiger partial charge in [-0.3, -0.25) is 19.6 Å². The van der Waals surface area contributed by atoms with E-state index in [0.717, 1.165) is 61.2 Å². The van der Waals surface area contributed by atoms with E-state index in [1.807, 2.05) is 30.3 Å². The van der Waals surface area contributed by atoms with Crippen molar-refractivity contribution in [3.8, 4) is 0 Å². The zero-order valence-electron chi connectivity index (χ0n) is 25.0. The van der Waals surface area contributed by atoms with Crippen molar-refractivity contribution in [1.82, 2.24) is 4.98 Å². The molecule has 0 radical (unpaired) electrons. The lowest BCUT2D eigenvalue weighted by Crippen LogP contribution is -3.00. The molecule has 0 fully saturated rings. The number of aliphatic imine (C=N–C) groups is 1. The van der Waals surface area contributed by atoms with Crippen LogP contribution in [-0.2, 0) is 0 Å². The molecule has 0 bridgehead atoms. The summed E-state index contributed by atoms with van der Waals surface area (Å²) in [4.78, 5) is 33.1. The number of hydrogen-bond acceptors (Lipinski definition) is 10. The van der Waals surface area contributed by atoms with Crippen molar-refractivity contribution in [2.45, 2.75) is 32.1 Å². The summed E-state index contributed by atoms with van der Waals surface area (Å²) in [5.41, 5.74) is 7.60. The minimum atomic E-state index is -1.64. The van der Waals surface area contributed by atoms with Crippen molar-refractivity contribution in [1.29, 1.82) is 0 Å². The molecule has 0 atom stereocenters. The zero-order valence-corrected chi connectivity index (χ0v) is 26.5. The molecule has 16 heteroatoms. The first-order valence-electron chi connectivity index (χ1n) is 14.1. The van der Waals surface area contributed by atoms with Crippen LogP contribution in [0.2, 0.25) is 0 Å². The Hall–Kier alpha value is -3.88. The van der Waals surface area contributed by atoms with Crippen molar-refractivity contribution in [3.05, 3.63) is 102 Å². The standard InChI is InChI=1S/C15H15BN2O3.C10H14N2O.C5H5BO4.2ClH/c19-16(20)14-6-5-13(21-14)9-11-3-2-8-18-15(11)12-4-1-7-17-10-12;11-6-2-1-5-10(13)9-4-3-7-12-8-9;7-3-4-1-2-5(10-4)6(8)9;;/h1,4-7,9-10,19-20H,2-3,8H2;3-4,7-8H,1-2,5-6,11H2;1-3,8-9H;2*1H/b11-9+;;;;. The molecule has 1 aliphatic heterocycles. The topological polar surface area (TPSA) is 208 Å². The third-order valence-corrected chi connectivity index (χ3v) is 6.28. The van der Waals surface area contributed by atoms with Crippen LogP contribution in [0.25, 0.3) is 6.08 Å². The van der Waals surface area contributed by atoms with Gasteiger partial charge in [0.05, 0.1) is 17.8 Å². The molecule has 0 saturated heterocycles. The molecule has 0 amide bonds. The molecule has 4 aromatic rings. The van der Waals surface area contributed by atoms with E-state index in [2.05, 4.69) is 25.1 Å². The Labute approximate surface area is 279 Å². The summed E-state index contributed by atoms with van der Waals surface area (Å²) < 4.78 is 10.0. The van der Waals surface area contributed by atoms with Crippen molar-refractivity contribution in [2.75, 3.05) is 13.1 Å². The van der Waals surface area contributed by atoms with Gasteiger partial charge in [0.15, 0.2) is 30.2 Å². The number of allylic oxidation sites excluding steroid dienone is 1. The fourth-order valence-corrected chi connectivity index (χ4v) is 4.10. The van der Waals surface area contributed by atoms with Gasteiger partial charge in [0.1, 0.15) is 17.1 Å². The number of aromatic nitrogens is 2. The van der Waals surface area contributed by atoms with Crippen molar-refractivity contribution < 1.29 is 74.1 Å². The Balaban J connectivity index is 0.000000366. The lowest BCUT2D eigenvalue weighted by Gasteiger charge is -2.15. The Morgan fingerprint density at radius 2 is 1.65 bits per heavy atom. The number of nitrogens with zero attached hydrogens (tertiary/aromatic N) is 2. The molecule has 0 spiro atoms. The van der Waals surface area contributed by atoms with Gasteiger partial charge in [-0.25, -0.2) is 4.98 Å². The molecular formula is C30H36B2Cl2N4O8. The van der Waals surface area contributed by atoms with Crippen LogP contribution in [0.15, 0.2) is 92.7 Å². The van der Waals surface area contributed by atoms with Crippen LogP contribution in [0.3, 0.4) is 0 Å². The van der Waals surface area contributed by atoms with Gasteiger partial charge in [0.2, 0.25) is 0 Å². The summed E-state index contributed by atoms with van der Waals surface area (Å²) in [5.74, 6) is 0.889. The maximum Gasteiger partial charge on any atom is 0.526 e. The van der Waals surface area contributed by atoms with E-state index in [1.165, 1.54) is 12.1 Å². The van der Waals surface area contributed by atoms with Crippen LogP contribution in [0, 0.1) is 0 Å². The van der Waals surface area contributed by atoms with E-state index in [1.54, 1.807) is 36.9 Å². The fraction of sp³-hybridized carbons (Fsp3) is 0.233. The van der Waals surface area contributed by atoms with Gasteiger partial charge in [-0.2, -0.15) is 0 Å². The number of rotatable bonds is 10. The lowest BCUT2D eigenvalue weighted by molar-refractivity contribution is -0.378. The number of Topliss-reactive ketones (excluding diaryl/α,β-unsaturated/α-hetero) is 1. The predicted octanol–water partition coefficient (Wildman–Crippen LogP) is -6.10. The van der Waals surface area contributed by atoms with Crippen LogP contribution in [0.5, 0.6) is 0 Å². The first-order chi connectivity index (χ1) is 21.3. The summed E-state index contributed by atoms with van der Waals surface area (Å²) in [6.07, 6.45) is 14.0. The summed E-state index contributed by atoms with van der Waals surface area (Å²) in [5, 5.41) is 35.1. The largest absolute Gasteiger partial charge is 1.00 e. The number of H-pyrrole nitrogens is 1. The van der Waals surface area contributed by atoms with Crippen molar-refractivity contribution in [3.63, 3.8) is 0 Å². The maximum absolute atomic E-state index is 11.5. The van der Waals surface area contributed by atoms with Gasteiger partial charge in [0.25, 0.3) is 0 Å². The number of aldehydes is 1. The van der Waals surface area contributed by atoms with Gasteiger partial charge in [-0.1, -0.05) is 0 Å². The fourth-order valence-electron chi connectivity index (χ4n) is 4.10. The number of ketones is 1. The molecule has 4 aromatic heterocycles. The Morgan fingerprint density at radius 1 is 0.957 bits per heavy atom. The van der Waals surface area contributed by atoms with Gasteiger partial charge in [-0.05, 0) is 79.8 Å². The number of carbonyl (C=O) groups is 2. The highest BCUT2D eigenvalue weighted by Crippen LogP contribution is 2.21. The van der Waals surface area contributed by atoms with Crippen LogP contribution in [0.4, 0.5) is 0 Å². The second-order valence-electron chi connectivity index (χ2n) is 9.62. The predicted molar refractivity (Wildman–Crippen MR) is 164 cm³/mol. The minimum absolute atomic E-state index is 0. The second kappa shape index (κ2) is 21.8. The van der Waals surface area contributed by atoms with E-state index in [-0.39, 0.29) is 47.7 Å². The Bertz CT molecular complexity index is 1520. The number of halogens is 2. The van der Waals surface area contributed by atoms with E-state index >= 15 is 0 Å². The van der Waals surface area contributed by atoms with Crippen LogP contribution < -0.4 is 46.9 Å². The monoisotopic (exact) mass is 672 g/mol. The number of nitrogens with one attached hydrogen (secondary N) is 1. The summed E-state index contributed by atoms with van der Waals surface area (Å²) in [6.45, 7) is 1.72. The minimum Gasteiger partial charge on any atom is -1.00 e. The van der Waals surface area contributed by atoms with E-state index < -0.39 is 14.2 Å². The van der Waals surface area contributed by atoms with Crippen LogP contribution >= 0.6 is 0 Å². The molecule has 12 nitrogen and oxygen atoms in total. The number of hydrogen-bond donors (Lipinski definition) is 5. The molecular weight excluding hydrogens is 637 g/mol. The molecule has 1 aliphatic rings. The van der Waals surface area contributed by atoms with Crippen LogP contribution in [-0.4, -0.2) is 70.2 Å².